The Morgan fingerprint density at radius 2 is 1.81 bits per heavy atom. The Bertz CT molecular complexity index is 626. The smallest absolute Gasteiger partial charge is 0.162 e. The molecule has 1 heterocycles. The van der Waals surface area contributed by atoms with Crippen molar-refractivity contribution in [2.75, 3.05) is 13.1 Å². The molecular formula is C18H19F2N. The van der Waals surface area contributed by atoms with Crippen molar-refractivity contribution in [3.8, 4) is 0 Å². The Balaban J connectivity index is 1.78. The van der Waals surface area contributed by atoms with E-state index < -0.39 is 11.6 Å². The van der Waals surface area contributed by atoms with E-state index in [0.29, 0.717) is 5.56 Å². The zero-order valence-corrected chi connectivity index (χ0v) is 12.2. The highest BCUT2D eigenvalue weighted by atomic mass is 19.2. The molecule has 1 nitrogen and oxygen atoms in total. The predicted octanol–water partition coefficient (Wildman–Crippen LogP) is 4.13. The number of halogens is 2. The molecular weight excluding hydrogens is 268 g/mol. The molecule has 2 aromatic carbocycles. The van der Waals surface area contributed by atoms with Gasteiger partial charge in [0.2, 0.25) is 0 Å². The molecule has 0 aromatic heterocycles. The molecule has 1 fully saturated rings. The summed E-state index contributed by atoms with van der Waals surface area (Å²) < 4.78 is 27.5. The second-order valence-corrected chi connectivity index (χ2v) is 6.11. The summed E-state index contributed by atoms with van der Waals surface area (Å²) in [4.78, 5) is 2.31. The van der Waals surface area contributed by atoms with E-state index in [4.69, 9.17) is 0 Å². The number of rotatable bonds is 3. The summed E-state index contributed by atoms with van der Waals surface area (Å²) in [5, 5.41) is 0. The van der Waals surface area contributed by atoms with Gasteiger partial charge in [-0.1, -0.05) is 49.4 Å². The Labute approximate surface area is 124 Å². The van der Waals surface area contributed by atoms with Gasteiger partial charge in [0.05, 0.1) is 0 Å². The van der Waals surface area contributed by atoms with Gasteiger partial charge >= 0.3 is 0 Å². The first-order valence-electron chi connectivity index (χ1n) is 7.29. The van der Waals surface area contributed by atoms with Crippen LogP contribution in [-0.2, 0) is 12.0 Å². The second kappa shape index (κ2) is 5.57. The molecule has 1 aliphatic rings. The van der Waals surface area contributed by atoms with E-state index in [1.165, 1.54) is 11.6 Å². The van der Waals surface area contributed by atoms with Gasteiger partial charge in [-0.25, -0.2) is 8.78 Å². The maximum absolute atomic E-state index is 14.1. The van der Waals surface area contributed by atoms with E-state index >= 15 is 0 Å². The second-order valence-electron chi connectivity index (χ2n) is 6.11. The summed E-state index contributed by atoms with van der Waals surface area (Å²) in [6.07, 6.45) is 0.847. The minimum absolute atomic E-state index is 0.318. The Morgan fingerprint density at radius 1 is 1.05 bits per heavy atom. The van der Waals surface area contributed by atoms with Crippen molar-refractivity contribution in [1.82, 2.24) is 4.90 Å². The van der Waals surface area contributed by atoms with Crippen LogP contribution < -0.4 is 0 Å². The van der Waals surface area contributed by atoms with Crippen LogP contribution >= 0.6 is 0 Å². The fourth-order valence-corrected chi connectivity index (χ4v) is 3.22. The minimum atomic E-state index is -0.754. The van der Waals surface area contributed by atoms with Crippen molar-refractivity contribution in [2.45, 2.75) is 25.3 Å². The first-order chi connectivity index (χ1) is 10.1. The highest BCUT2D eigenvalue weighted by molar-refractivity contribution is 5.29. The van der Waals surface area contributed by atoms with E-state index in [2.05, 4.69) is 17.0 Å². The summed E-state index contributed by atoms with van der Waals surface area (Å²) >= 11 is 0. The van der Waals surface area contributed by atoms with E-state index in [1.807, 2.05) is 25.1 Å². The van der Waals surface area contributed by atoms with Crippen LogP contribution in [0.25, 0.3) is 0 Å². The summed E-state index contributed by atoms with van der Waals surface area (Å²) in [7, 11) is 0. The monoisotopic (exact) mass is 287 g/mol. The normalized spacial score (nSPS) is 22.6. The van der Waals surface area contributed by atoms with Gasteiger partial charge in [-0.15, -0.1) is 0 Å². The summed E-state index contributed by atoms with van der Waals surface area (Å²) in [6.45, 7) is 4.53. The van der Waals surface area contributed by atoms with Crippen molar-refractivity contribution in [2.24, 2.45) is 0 Å². The number of likely N-dealkylation sites (tertiary alicyclic amines) is 1. The average Bonchev–Trinajstić information content (AvgIpc) is 2.85. The molecule has 1 unspecified atom stereocenters. The van der Waals surface area contributed by atoms with Crippen LogP contribution in [0, 0.1) is 11.6 Å². The van der Waals surface area contributed by atoms with Crippen molar-refractivity contribution in [3.05, 3.63) is 71.3 Å². The maximum Gasteiger partial charge on any atom is 0.162 e. The van der Waals surface area contributed by atoms with Gasteiger partial charge in [0, 0.05) is 18.5 Å². The van der Waals surface area contributed by atoms with Gasteiger partial charge in [0.15, 0.2) is 11.6 Å². The fraction of sp³-hybridized carbons (Fsp3) is 0.333. The molecule has 0 bridgehead atoms. The third kappa shape index (κ3) is 2.84. The number of benzene rings is 2. The van der Waals surface area contributed by atoms with Crippen molar-refractivity contribution in [3.63, 3.8) is 0 Å². The SMILES string of the molecule is CC1(c2cccc(F)c2F)CCN(Cc2ccccc2)C1. The standard InChI is InChI=1S/C18H19F2N/c1-18(15-8-5-9-16(19)17(15)20)10-11-21(13-18)12-14-6-3-2-4-7-14/h2-9H,10-13H2,1H3. The Kier molecular flexibility index (Phi) is 3.77. The lowest BCUT2D eigenvalue weighted by Crippen LogP contribution is -2.29. The zero-order valence-electron chi connectivity index (χ0n) is 12.2. The molecule has 0 saturated carbocycles. The van der Waals surface area contributed by atoms with Gasteiger partial charge < -0.3 is 0 Å². The summed E-state index contributed by atoms with van der Waals surface area (Å²) in [6, 6.07) is 14.7. The van der Waals surface area contributed by atoms with E-state index in [9.17, 15) is 8.78 Å². The molecule has 0 aliphatic carbocycles. The number of hydrogen-bond donors (Lipinski definition) is 0. The summed E-state index contributed by atoms with van der Waals surface area (Å²) in [5.41, 5.74) is 1.43. The molecule has 1 atom stereocenters. The minimum Gasteiger partial charge on any atom is -0.298 e. The number of hydrogen-bond acceptors (Lipinski definition) is 1. The van der Waals surface area contributed by atoms with Crippen molar-refractivity contribution in [1.29, 1.82) is 0 Å². The lowest BCUT2D eigenvalue weighted by Gasteiger charge is -2.26. The van der Waals surface area contributed by atoms with Gasteiger partial charge in [-0.3, -0.25) is 4.90 Å². The highest BCUT2D eigenvalue weighted by Crippen LogP contribution is 2.36. The molecule has 3 rings (SSSR count). The van der Waals surface area contributed by atoms with Gasteiger partial charge in [0.25, 0.3) is 0 Å². The van der Waals surface area contributed by atoms with Gasteiger partial charge in [-0.2, -0.15) is 0 Å². The quantitative estimate of drug-likeness (QED) is 0.820. The molecule has 1 aliphatic heterocycles. The van der Waals surface area contributed by atoms with Crippen LogP contribution in [0.5, 0.6) is 0 Å². The fourth-order valence-electron chi connectivity index (χ4n) is 3.22. The topological polar surface area (TPSA) is 3.24 Å². The van der Waals surface area contributed by atoms with E-state index in [0.717, 1.165) is 26.1 Å². The molecule has 0 radical (unpaired) electrons. The van der Waals surface area contributed by atoms with Crippen molar-refractivity contribution >= 4 is 0 Å². The maximum atomic E-state index is 14.1. The van der Waals surface area contributed by atoms with Gasteiger partial charge in [-0.05, 0) is 30.2 Å². The molecule has 2 aromatic rings. The van der Waals surface area contributed by atoms with Crippen LogP contribution in [0.3, 0.4) is 0 Å². The molecule has 0 N–H and O–H groups in total. The van der Waals surface area contributed by atoms with Crippen LogP contribution in [0.4, 0.5) is 8.78 Å². The Hall–Kier alpha value is -1.74. The molecule has 3 heteroatoms. The lowest BCUT2D eigenvalue weighted by atomic mass is 9.81. The molecule has 110 valence electrons. The van der Waals surface area contributed by atoms with E-state index in [1.54, 1.807) is 12.1 Å². The van der Waals surface area contributed by atoms with Crippen molar-refractivity contribution < 1.29 is 8.78 Å². The van der Waals surface area contributed by atoms with Gasteiger partial charge in [0.1, 0.15) is 0 Å². The van der Waals surface area contributed by atoms with E-state index in [-0.39, 0.29) is 5.41 Å². The average molecular weight is 287 g/mol. The third-order valence-corrected chi connectivity index (χ3v) is 4.40. The van der Waals surface area contributed by atoms with Crippen LogP contribution in [0.15, 0.2) is 48.5 Å². The van der Waals surface area contributed by atoms with Crippen LogP contribution in [-0.4, -0.2) is 18.0 Å². The third-order valence-electron chi connectivity index (χ3n) is 4.40. The zero-order chi connectivity index (χ0) is 14.9. The molecule has 1 saturated heterocycles. The highest BCUT2D eigenvalue weighted by Gasteiger charge is 2.37. The first kappa shape index (κ1) is 14.2. The molecule has 0 amide bonds. The van der Waals surface area contributed by atoms with Crippen LogP contribution in [0.1, 0.15) is 24.5 Å². The van der Waals surface area contributed by atoms with Crippen LogP contribution in [0.2, 0.25) is 0 Å². The Morgan fingerprint density at radius 3 is 2.57 bits per heavy atom. The first-order valence-corrected chi connectivity index (χ1v) is 7.29. The largest absolute Gasteiger partial charge is 0.298 e. The molecule has 0 spiro atoms. The summed E-state index contributed by atoms with van der Waals surface area (Å²) in [5.74, 6) is -1.45. The molecule has 21 heavy (non-hydrogen) atoms. The predicted molar refractivity (Wildman–Crippen MR) is 80.0 cm³/mol. The lowest BCUT2D eigenvalue weighted by molar-refractivity contribution is 0.305. The number of nitrogens with zero attached hydrogens (tertiary/aromatic N) is 1.